The van der Waals surface area contributed by atoms with E-state index < -0.39 is 0 Å². The molecule has 0 bridgehead atoms. The smallest absolute Gasteiger partial charge is 0.0935 e. The van der Waals surface area contributed by atoms with Crippen molar-refractivity contribution < 1.29 is 4.42 Å². The minimum absolute atomic E-state index is 0.202. The van der Waals surface area contributed by atoms with E-state index in [1.54, 1.807) is 12.5 Å². The maximum absolute atomic E-state index is 5.10. The molecule has 2 aromatic rings. The summed E-state index contributed by atoms with van der Waals surface area (Å²) in [5, 5.41) is 3.44. The zero-order valence-electron chi connectivity index (χ0n) is 9.69. The average Bonchev–Trinajstić information content (AvgIpc) is 2.82. The third-order valence-electron chi connectivity index (χ3n) is 2.59. The van der Waals surface area contributed by atoms with Crippen LogP contribution in [0.4, 0.5) is 0 Å². The molecule has 1 unspecified atom stereocenters. The highest BCUT2D eigenvalue weighted by Crippen LogP contribution is 2.23. The van der Waals surface area contributed by atoms with Gasteiger partial charge in [-0.1, -0.05) is 6.92 Å². The van der Waals surface area contributed by atoms with Gasteiger partial charge in [0.25, 0.3) is 0 Å². The summed E-state index contributed by atoms with van der Waals surface area (Å²) in [7, 11) is 0. The number of pyridine rings is 1. The second kappa shape index (κ2) is 5.98. The predicted molar refractivity (Wildman–Crippen MR) is 70.8 cm³/mol. The van der Waals surface area contributed by atoms with Gasteiger partial charge < -0.3 is 9.73 Å². The van der Waals surface area contributed by atoms with Crippen LogP contribution in [0.5, 0.6) is 0 Å². The Morgan fingerprint density at radius 2 is 2.35 bits per heavy atom. The summed E-state index contributed by atoms with van der Waals surface area (Å²) in [4.78, 5) is 4.44. The van der Waals surface area contributed by atoms with E-state index >= 15 is 0 Å². The van der Waals surface area contributed by atoms with Crippen molar-refractivity contribution in [2.75, 3.05) is 6.54 Å². The van der Waals surface area contributed by atoms with Crippen LogP contribution in [0, 0.1) is 0 Å². The zero-order chi connectivity index (χ0) is 12.1. The van der Waals surface area contributed by atoms with Gasteiger partial charge in [-0.25, -0.2) is 0 Å². The van der Waals surface area contributed by atoms with E-state index in [0.717, 1.165) is 23.1 Å². The second-order valence-corrected chi connectivity index (χ2v) is 4.67. The summed E-state index contributed by atoms with van der Waals surface area (Å²) in [5.41, 5.74) is 2.21. The van der Waals surface area contributed by atoms with E-state index in [4.69, 9.17) is 4.42 Å². The number of rotatable bonds is 5. The highest BCUT2D eigenvalue weighted by atomic mass is 79.9. The maximum Gasteiger partial charge on any atom is 0.0935 e. The Morgan fingerprint density at radius 1 is 1.47 bits per heavy atom. The van der Waals surface area contributed by atoms with Gasteiger partial charge in [-0.15, -0.1) is 0 Å². The normalized spacial score (nSPS) is 12.6. The first-order valence-electron chi connectivity index (χ1n) is 5.66. The molecule has 4 heteroatoms. The van der Waals surface area contributed by atoms with Gasteiger partial charge >= 0.3 is 0 Å². The van der Waals surface area contributed by atoms with Gasteiger partial charge in [-0.2, -0.15) is 0 Å². The third kappa shape index (κ3) is 3.17. The molecule has 17 heavy (non-hydrogen) atoms. The van der Waals surface area contributed by atoms with Crippen molar-refractivity contribution in [2.24, 2.45) is 0 Å². The van der Waals surface area contributed by atoms with Crippen LogP contribution in [0.25, 0.3) is 0 Å². The van der Waals surface area contributed by atoms with E-state index in [1.807, 2.05) is 24.4 Å². The predicted octanol–water partition coefficient (Wildman–Crippen LogP) is 3.33. The first-order chi connectivity index (χ1) is 8.31. The first kappa shape index (κ1) is 12.3. The largest absolute Gasteiger partial charge is 0.472 e. The van der Waals surface area contributed by atoms with Crippen LogP contribution in [0.1, 0.15) is 24.2 Å². The number of nitrogens with zero attached hydrogens (tertiary/aromatic N) is 1. The SMILES string of the molecule is CCNC(Cc1ccoc1)c1ncccc1Br. The summed E-state index contributed by atoms with van der Waals surface area (Å²) >= 11 is 3.55. The molecule has 0 saturated heterocycles. The van der Waals surface area contributed by atoms with Gasteiger partial charge in [0, 0.05) is 10.7 Å². The summed E-state index contributed by atoms with van der Waals surface area (Å²) in [5.74, 6) is 0. The monoisotopic (exact) mass is 294 g/mol. The summed E-state index contributed by atoms with van der Waals surface area (Å²) < 4.78 is 6.14. The molecule has 0 aliphatic heterocycles. The number of aromatic nitrogens is 1. The number of halogens is 1. The maximum atomic E-state index is 5.10. The minimum atomic E-state index is 0.202. The van der Waals surface area contributed by atoms with Crippen LogP contribution in [-0.2, 0) is 6.42 Å². The molecule has 0 aliphatic carbocycles. The Bertz CT molecular complexity index is 456. The Kier molecular flexibility index (Phi) is 4.34. The lowest BCUT2D eigenvalue weighted by Gasteiger charge is -2.17. The molecular formula is C13H15BrN2O. The number of hydrogen-bond acceptors (Lipinski definition) is 3. The van der Waals surface area contributed by atoms with Crippen LogP contribution in [0.3, 0.4) is 0 Å². The third-order valence-corrected chi connectivity index (χ3v) is 3.26. The Labute approximate surface area is 109 Å². The molecule has 0 amide bonds. The lowest BCUT2D eigenvalue weighted by atomic mass is 10.1. The van der Waals surface area contributed by atoms with E-state index in [0.29, 0.717) is 0 Å². The van der Waals surface area contributed by atoms with Crippen molar-refractivity contribution >= 4 is 15.9 Å². The molecule has 90 valence electrons. The molecule has 0 aromatic carbocycles. The van der Waals surface area contributed by atoms with Crippen molar-refractivity contribution in [2.45, 2.75) is 19.4 Å². The summed E-state index contributed by atoms with van der Waals surface area (Å²) in [6.45, 7) is 3.00. The number of hydrogen-bond donors (Lipinski definition) is 1. The molecular weight excluding hydrogens is 280 g/mol. The van der Waals surface area contributed by atoms with Gasteiger partial charge in [0.1, 0.15) is 0 Å². The Balaban J connectivity index is 2.20. The quantitative estimate of drug-likeness (QED) is 0.919. The van der Waals surface area contributed by atoms with Crippen molar-refractivity contribution in [1.29, 1.82) is 0 Å². The van der Waals surface area contributed by atoms with Gasteiger partial charge in [0.2, 0.25) is 0 Å². The van der Waals surface area contributed by atoms with Crippen molar-refractivity contribution in [3.8, 4) is 0 Å². The minimum Gasteiger partial charge on any atom is -0.472 e. The Hall–Kier alpha value is -1.13. The van der Waals surface area contributed by atoms with Gasteiger partial charge in [-0.3, -0.25) is 4.98 Å². The molecule has 1 N–H and O–H groups in total. The molecule has 0 aliphatic rings. The molecule has 0 saturated carbocycles. The lowest BCUT2D eigenvalue weighted by Crippen LogP contribution is -2.24. The van der Waals surface area contributed by atoms with E-state index in [2.05, 4.69) is 33.2 Å². The molecule has 2 heterocycles. The lowest BCUT2D eigenvalue weighted by molar-refractivity contribution is 0.524. The first-order valence-corrected chi connectivity index (χ1v) is 6.45. The molecule has 1 atom stereocenters. The van der Waals surface area contributed by atoms with Crippen LogP contribution >= 0.6 is 15.9 Å². The topological polar surface area (TPSA) is 38.1 Å². The number of furan rings is 1. The zero-order valence-corrected chi connectivity index (χ0v) is 11.3. The highest BCUT2D eigenvalue weighted by molar-refractivity contribution is 9.10. The average molecular weight is 295 g/mol. The van der Waals surface area contributed by atoms with Crippen molar-refractivity contribution in [3.05, 3.63) is 52.7 Å². The van der Waals surface area contributed by atoms with Crippen molar-refractivity contribution in [1.82, 2.24) is 10.3 Å². The molecule has 2 aromatic heterocycles. The second-order valence-electron chi connectivity index (χ2n) is 3.82. The standard InChI is InChI=1S/C13H15BrN2O/c1-2-15-12(8-10-5-7-17-9-10)13-11(14)4-3-6-16-13/h3-7,9,12,15H,2,8H2,1H3. The van der Waals surface area contributed by atoms with Crippen LogP contribution in [-0.4, -0.2) is 11.5 Å². The number of likely N-dealkylation sites (N-methyl/N-ethyl adjacent to an activating group) is 1. The van der Waals surface area contributed by atoms with Crippen LogP contribution < -0.4 is 5.32 Å². The van der Waals surface area contributed by atoms with E-state index in [1.165, 1.54) is 5.56 Å². The molecule has 2 rings (SSSR count). The fourth-order valence-electron chi connectivity index (χ4n) is 1.81. The fourth-order valence-corrected chi connectivity index (χ4v) is 2.34. The number of nitrogens with one attached hydrogen (secondary N) is 1. The molecule has 0 radical (unpaired) electrons. The molecule has 0 fully saturated rings. The van der Waals surface area contributed by atoms with Crippen LogP contribution in [0.2, 0.25) is 0 Å². The van der Waals surface area contributed by atoms with Crippen LogP contribution in [0.15, 0.2) is 45.8 Å². The summed E-state index contributed by atoms with van der Waals surface area (Å²) in [6.07, 6.45) is 6.17. The van der Waals surface area contributed by atoms with Gasteiger partial charge in [-0.05, 0) is 52.7 Å². The van der Waals surface area contributed by atoms with Gasteiger partial charge in [0.15, 0.2) is 0 Å². The molecule has 0 spiro atoms. The highest BCUT2D eigenvalue weighted by Gasteiger charge is 2.15. The Morgan fingerprint density at radius 3 is 3.00 bits per heavy atom. The fraction of sp³-hybridized carbons (Fsp3) is 0.308. The van der Waals surface area contributed by atoms with Crippen molar-refractivity contribution in [3.63, 3.8) is 0 Å². The van der Waals surface area contributed by atoms with Gasteiger partial charge in [0.05, 0.1) is 24.3 Å². The van der Waals surface area contributed by atoms with E-state index in [-0.39, 0.29) is 6.04 Å². The van der Waals surface area contributed by atoms with E-state index in [9.17, 15) is 0 Å². The summed E-state index contributed by atoms with van der Waals surface area (Å²) in [6, 6.07) is 6.13. The molecule has 3 nitrogen and oxygen atoms in total.